The first-order valence-electron chi connectivity index (χ1n) is 20.4. The van der Waals surface area contributed by atoms with Gasteiger partial charge in [-0.25, -0.2) is 19.3 Å². The quantitative estimate of drug-likeness (QED) is 0.170. The van der Waals surface area contributed by atoms with E-state index in [0.717, 1.165) is 107 Å². The molecule has 2 N–H and O–H groups in total. The van der Waals surface area contributed by atoms with Gasteiger partial charge in [-0.05, 0) is 56.8 Å². The van der Waals surface area contributed by atoms with Crippen molar-refractivity contribution in [2.45, 2.75) is 76.0 Å². The van der Waals surface area contributed by atoms with E-state index in [1.807, 2.05) is 27.8 Å². The minimum absolute atomic E-state index is 0. The minimum atomic E-state index is -4.79. The van der Waals surface area contributed by atoms with E-state index in [1.54, 1.807) is 0 Å². The number of alkyl halides is 3. The lowest BCUT2D eigenvalue weighted by molar-refractivity contribution is -0.140. The van der Waals surface area contributed by atoms with Crippen LogP contribution in [0.3, 0.4) is 0 Å². The second-order valence-electron chi connectivity index (χ2n) is 16.0. The number of hydrogen-bond acceptors (Lipinski definition) is 11. The van der Waals surface area contributed by atoms with Crippen molar-refractivity contribution in [3.8, 4) is 11.3 Å². The summed E-state index contributed by atoms with van der Waals surface area (Å²) in [5.74, 6) is 0.696. The van der Waals surface area contributed by atoms with Crippen molar-refractivity contribution in [2.75, 3.05) is 69.1 Å². The fourth-order valence-corrected chi connectivity index (χ4v) is 8.67. The highest BCUT2D eigenvalue weighted by atomic mass is 35.5. The summed E-state index contributed by atoms with van der Waals surface area (Å²) < 4.78 is 56.4. The van der Waals surface area contributed by atoms with Gasteiger partial charge in [0.2, 0.25) is 17.5 Å². The molecule has 0 bridgehead atoms. The Morgan fingerprint density at radius 1 is 0.864 bits per heavy atom. The van der Waals surface area contributed by atoms with Crippen LogP contribution in [0.1, 0.15) is 74.2 Å². The van der Waals surface area contributed by atoms with E-state index < -0.39 is 17.6 Å². The van der Waals surface area contributed by atoms with Crippen molar-refractivity contribution in [3.63, 3.8) is 0 Å². The number of imidazole rings is 1. The van der Waals surface area contributed by atoms with Crippen molar-refractivity contribution in [1.29, 1.82) is 0 Å². The molecule has 5 fully saturated rings. The second-order valence-corrected chi connectivity index (χ2v) is 16.0. The van der Waals surface area contributed by atoms with Gasteiger partial charge in [0.25, 0.3) is 0 Å². The molecule has 5 saturated heterocycles. The molecule has 1 aromatic carbocycles. The molecule has 3 aromatic rings. The number of benzene rings is 1. The van der Waals surface area contributed by atoms with Crippen molar-refractivity contribution in [2.24, 2.45) is 0 Å². The number of hydrogen-bond donors (Lipinski definition) is 2. The van der Waals surface area contributed by atoms with E-state index in [9.17, 15) is 31.9 Å². The van der Waals surface area contributed by atoms with E-state index >= 15 is 0 Å². The zero-order valence-electron chi connectivity index (χ0n) is 32.7. The lowest BCUT2D eigenvalue weighted by Crippen LogP contribution is -2.38. The Labute approximate surface area is 345 Å². The van der Waals surface area contributed by atoms with Crippen molar-refractivity contribution >= 4 is 41.5 Å². The van der Waals surface area contributed by atoms with Gasteiger partial charge in [-0.15, -0.1) is 12.4 Å². The third kappa shape index (κ3) is 8.27. The first kappa shape index (κ1) is 40.7. The SMILES string of the molecule is CCC1C(=O)Nc2ncnc(N3CCC(c4nc(-c5ccc(F)c(C(F)(F)F)c5)cn4C[C@@H]4CCCCN4)CC3)c21.Cl.O=C1C=C(N2CC2)C(=O)C(N2CC2)=C1N1CC1. The summed E-state index contributed by atoms with van der Waals surface area (Å²) in [6.07, 6.45) is 5.48. The Morgan fingerprint density at radius 2 is 1.58 bits per heavy atom. The fraction of sp³-hybridized carbons (Fsp3) is 0.512. The smallest absolute Gasteiger partial charge is 0.365 e. The average Bonchev–Trinajstić information content (AvgIpc) is 4.10. The van der Waals surface area contributed by atoms with Crippen LogP contribution >= 0.6 is 12.4 Å². The number of rotatable bonds is 9. The highest BCUT2D eigenvalue weighted by molar-refractivity contribution is 6.22. The number of nitrogens with one attached hydrogen (secondary N) is 2. The summed E-state index contributed by atoms with van der Waals surface area (Å²) >= 11 is 0. The molecule has 59 heavy (non-hydrogen) atoms. The van der Waals surface area contributed by atoms with Crippen LogP contribution in [0.15, 0.2) is 53.9 Å². The van der Waals surface area contributed by atoms with Gasteiger partial charge >= 0.3 is 6.18 Å². The van der Waals surface area contributed by atoms with Crippen molar-refractivity contribution in [1.82, 2.24) is 39.5 Å². The summed E-state index contributed by atoms with van der Waals surface area (Å²) in [6, 6.07) is 3.32. The maximum absolute atomic E-state index is 14.0. The van der Waals surface area contributed by atoms with Gasteiger partial charge in [0.15, 0.2) is 0 Å². The maximum atomic E-state index is 14.0. The Balaban J connectivity index is 0.000000222. The third-order valence-corrected chi connectivity index (χ3v) is 12.0. The zero-order valence-corrected chi connectivity index (χ0v) is 33.5. The Morgan fingerprint density at radius 3 is 2.22 bits per heavy atom. The number of carbonyl (C=O) groups excluding carboxylic acids is 3. The Kier molecular flexibility index (Phi) is 11.2. The van der Waals surface area contributed by atoms with Gasteiger partial charge in [0.05, 0.1) is 22.9 Å². The van der Waals surface area contributed by atoms with Crippen LogP contribution in [-0.2, 0) is 27.1 Å². The number of Topliss-reactive ketones (excluding diaryl/α,β-unsaturated/α-hetero) is 1. The molecule has 314 valence electrons. The highest BCUT2D eigenvalue weighted by Gasteiger charge is 2.44. The monoisotopic (exact) mass is 838 g/mol. The largest absolute Gasteiger partial charge is 0.419 e. The first-order chi connectivity index (χ1) is 28.0. The molecule has 7 aliphatic rings. The Bertz CT molecular complexity index is 2200. The number of aromatic nitrogens is 4. The lowest BCUT2D eigenvalue weighted by atomic mass is 9.94. The molecule has 2 atom stereocenters. The van der Waals surface area contributed by atoms with E-state index in [1.165, 1.54) is 18.5 Å². The molecule has 0 spiro atoms. The molecule has 18 heteroatoms. The van der Waals surface area contributed by atoms with Gasteiger partial charge in [-0.3, -0.25) is 14.4 Å². The van der Waals surface area contributed by atoms with Crippen LogP contribution in [0.2, 0.25) is 0 Å². The third-order valence-electron chi connectivity index (χ3n) is 12.0. The van der Waals surface area contributed by atoms with Crippen LogP contribution < -0.4 is 15.5 Å². The predicted molar refractivity (Wildman–Crippen MR) is 213 cm³/mol. The molecule has 1 amide bonds. The van der Waals surface area contributed by atoms with Crippen LogP contribution in [0.5, 0.6) is 0 Å². The Hall–Kier alpha value is -5.03. The first-order valence-corrected chi connectivity index (χ1v) is 20.4. The molecule has 10 rings (SSSR count). The van der Waals surface area contributed by atoms with Crippen molar-refractivity contribution < 1.29 is 31.9 Å². The number of amides is 1. The van der Waals surface area contributed by atoms with E-state index in [2.05, 4.69) is 30.1 Å². The van der Waals surface area contributed by atoms with Crippen LogP contribution in [-0.4, -0.2) is 117 Å². The average molecular weight is 839 g/mol. The number of ketones is 2. The topological polar surface area (TPSA) is 131 Å². The molecule has 0 saturated carbocycles. The lowest BCUT2D eigenvalue weighted by Gasteiger charge is -2.34. The van der Waals surface area contributed by atoms with Crippen LogP contribution in [0.4, 0.5) is 29.2 Å². The molecule has 6 aliphatic heterocycles. The highest BCUT2D eigenvalue weighted by Crippen LogP contribution is 2.41. The summed E-state index contributed by atoms with van der Waals surface area (Å²) in [5.41, 5.74) is 2.10. The van der Waals surface area contributed by atoms with Crippen LogP contribution in [0.25, 0.3) is 11.3 Å². The summed E-state index contributed by atoms with van der Waals surface area (Å²) in [6.45, 7) is 10.4. The molecular formula is C41H47ClF4N10O3. The van der Waals surface area contributed by atoms with Gasteiger partial charge in [0, 0.05) is 94.3 Å². The second kappa shape index (κ2) is 16.2. The molecule has 0 radical (unpaired) electrons. The summed E-state index contributed by atoms with van der Waals surface area (Å²) in [4.78, 5) is 58.8. The number of piperidine rings is 2. The molecule has 2 aromatic heterocycles. The molecule has 1 aliphatic carbocycles. The maximum Gasteiger partial charge on any atom is 0.419 e. The zero-order chi connectivity index (χ0) is 40.3. The number of nitrogens with zero attached hydrogens (tertiary/aromatic N) is 8. The normalized spacial score (nSPS) is 22.7. The molecule has 13 nitrogen and oxygen atoms in total. The number of halogens is 5. The standard InChI is InChI=1S/C29H33F4N7O.C12H13N3O2.ClH/c1-2-20-24-25(38-28(20)41)35-16-36-27(24)39-11-8-17(9-12-39)26-37-23(15-40(26)14-19-5-3-4-10-34-19)18-6-7-22(30)21(13-18)29(31,32)33;16-9-7-8(13-1-2-13)12(17)11(15-5-6-15)10(9)14-3-4-14;/h6-7,13,15-17,19-20,34H,2-5,8-12,14H2,1H3,(H,35,36,38,41);7H,1-6H2;1H/t19-,20?;;/m0../s1. The summed E-state index contributed by atoms with van der Waals surface area (Å²) in [7, 11) is 0. The number of allylic oxidation sites excluding steroid dienone is 1. The number of anilines is 2. The number of fused-ring (bicyclic) bond motifs is 1. The minimum Gasteiger partial charge on any atom is -0.365 e. The van der Waals surface area contributed by atoms with E-state index in [-0.39, 0.29) is 53.3 Å². The van der Waals surface area contributed by atoms with Crippen molar-refractivity contribution in [3.05, 3.63) is 76.7 Å². The number of carbonyl (C=O) groups is 3. The molecule has 8 heterocycles. The van der Waals surface area contributed by atoms with Crippen LogP contribution in [0, 0.1) is 5.82 Å². The van der Waals surface area contributed by atoms with E-state index in [4.69, 9.17) is 4.98 Å². The predicted octanol–water partition coefficient (Wildman–Crippen LogP) is 5.07. The van der Waals surface area contributed by atoms with E-state index in [0.29, 0.717) is 54.7 Å². The summed E-state index contributed by atoms with van der Waals surface area (Å²) in [5, 5.41) is 6.41. The molecular weight excluding hydrogens is 792 g/mol. The fourth-order valence-electron chi connectivity index (χ4n) is 8.67. The van der Waals surface area contributed by atoms with Gasteiger partial charge in [-0.1, -0.05) is 13.3 Å². The van der Waals surface area contributed by atoms with Gasteiger partial charge in [0.1, 0.15) is 41.0 Å². The molecule has 1 unspecified atom stereocenters. The van der Waals surface area contributed by atoms with Gasteiger partial charge in [-0.2, -0.15) is 13.2 Å². The van der Waals surface area contributed by atoms with Gasteiger partial charge < -0.3 is 34.8 Å².